The molecule has 1 saturated carbocycles. The summed E-state index contributed by atoms with van der Waals surface area (Å²) in [5.41, 5.74) is 0. The average Bonchev–Trinajstić information content (AvgIpc) is 2.48. The highest BCUT2D eigenvalue weighted by atomic mass is 32.2. The first kappa shape index (κ1) is 15.7. The van der Waals surface area contributed by atoms with Crippen LogP contribution >= 0.6 is 11.8 Å². The quantitative estimate of drug-likeness (QED) is 0.865. The van der Waals surface area contributed by atoms with Crippen LogP contribution in [0.2, 0.25) is 0 Å². The second-order valence-electron chi connectivity index (χ2n) is 5.76. The van der Waals surface area contributed by atoms with E-state index in [0.717, 1.165) is 12.8 Å². The second kappa shape index (κ2) is 6.83. The SMILES string of the molecule is CCC1NC(=O)C(CC)N(C2CCCCC2SC)C1=O. The normalized spacial score (nSPS) is 35.0. The summed E-state index contributed by atoms with van der Waals surface area (Å²) in [4.78, 5) is 26.9. The zero-order valence-electron chi connectivity index (χ0n) is 12.7. The van der Waals surface area contributed by atoms with Gasteiger partial charge in [-0.1, -0.05) is 26.7 Å². The Balaban J connectivity index is 2.27. The highest BCUT2D eigenvalue weighted by Crippen LogP contribution is 2.33. The van der Waals surface area contributed by atoms with Gasteiger partial charge in [0.15, 0.2) is 0 Å². The van der Waals surface area contributed by atoms with Gasteiger partial charge in [-0.05, 0) is 31.9 Å². The van der Waals surface area contributed by atoms with Gasteiger partial charge in [0.2, 0.25) is 11.8 Å². The minimum atomic E-state index is -0.324. The molecule has 4 atom stereocenters. The molecule has 0 aromatic heterocycles. The molecule has 5 heteroatoms. The summed E-state index contributed by atoms with van der Waals surface area (Å²) in [6.45, 7) is 3.95. The van der Waals surface area contributed by atoms with Crippen LogP contribution in [-0.2, 0) is 9.59 Å². The van der Waals surface area contributed by atoms with E-state index < -0.39 is 0 Å². The molecule has 1 aliphatic carbocycles. The lowest BCUT2D eigenvalue weighted by molar-refractivity contribution is -0.153. The fourth-order valence-electron chi connectivity index (χ4n) is 3.51. The van der Waals surface area contributed by atoms with Crippen molar-refractivity contribution in [3.8, 4) is 0 Å². The van der Waals surface area contributed by atoms with Crippen molar-refractivity contribution in [1.82, 2.24) is 10.2 Å². The van der Waals surface area contributed by atoms with E-state index in [1.54, 1.807) is 0 Å². The van der Waals surface area contributed by atoms with E-state index in [0.29, 0.717) is 18.1 Å². The summed E-state index contributed by atoms with van der Waals surface area (Å²) in [5.74, 6) is 0.161. The van der Waals surface area contributed by atoms with Crippen molar-refractivity contribution in [2.24, 2.45) is 0 Å². The van der Waals surface area contributed by atoms with E-state index in [9.17, 15) is 9.59 Å². The van der Waals surface area contributed by atoms with Gasteiger partial charge in [-0.15, -0.1) is 0 Å². The van der Waals surface area contributed by atoms with Crippen LogP contribution in [0.1, 0.15) is 52.4 Å². The molecule has 1 N–H and O–H groups in total. The lowest BCUT2D eigenvalue weighted by atomic mass is 9.90. The number of piperazine rings is 1. The van der Waals surface area contributed by atoms with Crippen LogP contribution in [0.15, 0.2) is 0 Å². The molecule has 0 spiro atoms. The standard InChI is InChI=1S/C15H26N2O2S/c1-4-10-15(19)17(11(5-2)14(18)16-10)12-8-6-7-9-13(12)20-3/h10-13H,4-9H2,1-3H3,(H,16,18). The lowest BCUT2D eigenvalue weighted by Crippen LogP contribution is -2.67. The highest BCUT2D eigenvalue weighted by Gasteiger charge is 2.44. The molecular formula is C15H26N2O2S. The number of thioether (sulfide) groups is 1. The molecule has 2 amide bonds. The lowest BCUT2D eigenvalue weighted by Gasteiger charge is -2.47. The van der Waals surface area contributed by atoms with Crippen LogP contribution in [0.5, 0.6) is 0 Å². The van der Waals surface area contributed by atoms with Crippen molar-refractivity contribution in [3.05, 3.63) is 0 Å². The molecule has 1 heterocycles. The second-order valence-corrected chi connectivity index (χ2v) is 6.84. The average molecular weight is 298 g/mol. The number of carbonyl (C=O) groups is 2. The Morgan fingerprint density at radius 3 is 2.50 bits per heavy atom. The maximum atomic E-state index is 12.7. The van der Waals surface area contributed by atoms with Gasteiger partial charge in [0, 0.05) is 11.3 Å². The van der Waals surface area contributed by atoms with Gasteiger partial charge in [-0.2, -0.15) is 11.8 Å². The number of hydrogen-bond acceptors (Lipinski definition) is 3. The smallest absolute Gasteiger partial charge is 0.246 e. The first-order chi connectivity index (χ1) is 9.63. The van der Waals surface area contributed by atoms with E-state index >= 15 is 0 Å². The summed E-state index contributed by atoms with van der Waals surface area (Å²) in [5, 5.41) is 3.36. The van der Waals surface area contributed by atoms with Gasteiger partial charge >= 0.3 is 0 Å². The van der Waals surface area contributed by atoms with Crippen molar-refractivity contribution in [2.45, 2.75) is 75.7 Å². The maximum Gasteiger partial charge on any atom is 0.246 e. The number of carbonyl (C=O) groups excluding carboxylic acids is 2. The van der Waals surface area contributed by atoms with E-state index in [1.165, 1.54) is 12.8 Å². The Bertz CT molecular complexity index is 375. The molecule has 0 aromatic carbocycles. The summed E-state index contributed by atoms with van der Waals surface area (Å²) in [7, 11) is 0. The molecule has 4 nitrogen and oxygen atoms in total. The summed E-state index contributed by atoms with van der Waals surface area (Å²) in [6, 6.07) is -0.367. The van der Waals surface area contributed by atoms with Gasteiger partial charge in [-0.3, -0.25) is 9.59 Å². The van der Waals surface area contributed by atoms with Crippen LogP contribution < -0.4 is 5.32 Å². The van der Waals surface area contributed by atoms with Crippen LogP contribution in [-0.4, -0.2) is 46.3 Å². The molecule has 2 aliphatic rings. The fraction of sp³-hybridized carbons (Fsp3) is 0.867. The molecule has 0 aromatic rings. The number of hydrogen-bond donors (Lipinski definition) is 1. The fourth-order valence-corrected chi connectivity index (χ4v) is 4.50. The zero-order chi connectivity index (χ0) is 14.7. The zero-order valence-corrected chi connectivity index (χ0v) is 13.5. The van der Waals surface area contributed by atoms with E-state index in [1.807, 2.05) is 30.5 Å². The Kier molecular flexibility index (Phi) is 5.35. The Hall–Kier alpha value is -0.710. The molecule has 20 heavy (non-hydrogen) atoms. The topological polar surface area (TPSA) is 49.4 Å². The van der Waals surface area contributed by atoms with Crippen LogP contribution in [0.4, 0.5) is 0 Å². The van der Waals surface area contributed by atoms with Crippen LogP contribution in [0.25, 0.3) is 0 Å². The molecular weight excluding hydrogens is 272 g/mol. The van der Waals surface area contributed by atoms with Crippen molar-refractivity contribution < 1.29 is 9.59 Å². The number of nitrogens with one attached hydrogen (secondary N) is 1. The number of rotatable bonds is 4. The van der Waals surface area contributed by atoms with Crippen LogP contribution in [0, 0.1) is 0 Å². The summed E-state index contributed by atoms with van der Waals surface area (Å²) in [6.07, 6.45) is 8.10. The minimum Gasteiger partial charge on any atom is -0.343 e. The Morgan fingerprint density at radius 1 is 1.20 bits per heavy atom. The molecule has 2 fully saturated rings. The van der Waals surface area contributed by atoms with Crippen molar-refractivity contribution >= 4 is 23.6 Å². The molecule has 1 aliphatic heterocycles. The highest BCUT2D eigenvalue weighted by molar-refractivity contribution is 7.99. The Labute approximate surface area is 126 Å². The number of nitrogens with zero attached hydrogens (tertiary/aromatic N) is 1. The van der Waals surface area contributed by atoms with Gasteiger partial charge in [0.05, 0.1) is 0 Å². The Morgan fingerprint density at radius 2 is 1.90 bits per heavy atom. The van der Waals surface area contributed by atoms with Crippen molar-refractivity contribution in [2.75, 3.05) is 6.26 Å². The van der Waals surface area contributed by atoms with Gasteiger partial charge in [-0.25, -0.2) is 0 Å². The van der Waals surface area contributed by atoms with E-state index in [2.05, 4.69) is 11.6 Å². The monoisotopic (exact) mass is 298 g/mol. The number of amides is 2. The molecule has 1 saturated heterocycles. The van der Waals surface area contributed by atoms with E-state index in [4.69, 9.17) is 0 Å². The molecule has 2 rings (SSSR count). The van der Waals surface area contributed by atoms with Crippen molar-refractivity contribution in [3.63, 3.8) is 0 Å². The van der Waals surface area contributed by atoms with E-state index in [-0.39, 0.29) is 29.9 Å². The third kappa shape index (κ3) is 2.83. The maximum absolute atomic E-state index is 12.7. The summed E-state index contributed by atoms with van der Waals surface area (Å²) >= 11 is 1.85. The van der Waals surface area contributed by atoms with Crippen molar-refractivity contribution in [1.29, 1.82) is 0 Å². The predicted octanol–water partition coefficient (Wildman–Crippen LogP) is 2.18. The van der Waals surface area contributed by atoms with Gasteiger partial charge in [0.1, 0.15) is 12.1 Å². The third-order valence-electron chi connectivity index (χ3n) is 4.63. The van der Waals surface area contributed by atoms with Gasteiger partial charge < -0.3 is 10.2 Å². The predicted molar refractivity (Wildman–Crippen MR) is 82.7 cm³/mol. The minimum absolute atomic E-state index is 0.0318. The molecule has 114 valence electrons. The largest absolute Gasteiger partial charge is 0.343 e. The third-order valence-corrected chi connectivity index (χ3v) is 5.79. The molecule has 0 radical (unpaired) electrons. The molecule has 4 unspecified atom stereocenters. The van der Waals surface area contributed by atoms with Gasteiger partial charge in [0.25, 0.3) is 0 Å². The molecule has 0 bridgehead atoms. The van der Waals surface area contributed by atoms with Crippen LogP contribution in [0.3, 0.4) is 0 Å². The first-order valence-electron chi connectivity index (χ1n) is 7.79. The first-order valence-corrected chi connectivity index (χ1v) is 9.08. The summed E-state index contributed by atoms with van der Waals surface area (Å²) < 4.78 is 0.